The molecule has 1 aliphatic rings. The molecule has 0 radical (unpaired) electrons. The van der Waals surface area contributed by atoms with E-state index in [0.717, 1.165) is 107 Å². The average molecular weight is 760 g/mol. The molecule has 0 fully saturated rings. The number of nitrogens with zero attached hydrogens (tertiary/aromatic N) is 2. The number of para-hydroxylation sites is 2. The minimum atomic E-state index is -0.0873. The van der Waals surface area contributed by atoms with E-state index in [1.165, 1.54) is 16.3 Å². The number of nitrogens with one attached hydrogen (secondary N) is 1. The number of hydrogen-bond acceptors (Lipinski definition) is 4. The van der Waals surface area contributed by atoms with Gasteiger partial charge >= 0.3 is 0 Å². The van der Waals surface area contributed by atoms with Crippen molar-refractivity contribution in [2.75, 3.05) is 0 Å². The molecule has 0 saturated carbocycles. The van der Waals surface area contributed by atoms with E-state index in [1.807, 2.05) is 18.2 Å². The largest absolute Gasteiger partial charge is 0.456 e. The Balaban J connectivity index is 1.01. The van der Waals surface area contributed by atoms with Crippen molar-refractivity contribution in [2.45, 2.75) is 18.9 Å². The second kappa shape index (κ2) is 13.5. The maximum atomic E-state index is 6.58. The van der Waals surface area contributed by atoms with Crippen LogP contribution in [0.3, 0.4) is 0 Å². The fourth-order valence-electron chi connectivity index (χ4n) is 9.18. The number of rotatable bonds is 5. The fraction of sp³-hybridized carbons (Fsp3) is 0.0556. The molecule has 0 saturated heterocycles. The Hall–Kier alpha value is -7.63. The van der Waals surface area contributed by atoms with Crippen LogP contribution in [0.15, 0.2) is 202 Å². The highest BCUT2D eigenvalue weighted by Gasteiger charge is 2.23. The molecular formula is C54H37N3O2. The number of furan rings is 2. The summed E-state index contributed by atoms with van der Waals surface area (Å²) in [5.74, 6) is 0.861. The van der Waals surface area contributed by atoms with Gasteiger partial charge in [0.25, 0.3) is 0 Å². The second-order valence-corrected chi connectivity index (χ2v) is 15.4. The zero-order chi connectivity index (χ0) is 38.9. The number of benzene rings is 8. The van der Waals surface area contributed by atoms with Gasteiger partial charge in [0.2, 0.25) is 0 Å². The first-order valence-corrected chi connectivity index (χ1v) is 20.3. The molecule has 3 aromatic heterocycles. The van der Waals surface area contributed by atoms with Gasteiger partial charge in [-0.2, -0.15) is 0 Å². The number of aliphatic imine (C=N–C) groups is 1. The lowest BCUT2D eigenvalue weighted by molar-refractivity contribution is 0.655. The third kappa shape index (κ3) is 5.58. The molecule has 4 heterocycles. The van der Waals surface area contributed by atoms with Gasteiger partial charge < -0.3 is 18.7 Å². The molecule has 0 spiro atoms. The van der Waals surface area contributed by atoms with Crippen LogP contribution in [0.5, 0.6) is 0 Å². The summed E-state index contributed by atoms with van der Waals surface area (Å²) in [6.07, 6.45) is 4.06. The van der Waals surface area contributed by atoms with E-state index in [1.54, 1.807) is 0 Å². The number of amidine groups is 1. The van der Waals surface area contributed by atoms with Crippen LogP contribution in [0, 0.1) is 0 Å². The number of fused-ring (bicyclic) bond motifs is 9. The topological polar surface area (TPSA) is 55.6 Å². The minimum Gasteiger partial charge on any atom is -0.456 e. The van der Waals surface area contributed by atoms with Crippen LogP contribution in [0.4, 0.5) is 0 Å². The Morgan fingerprint density at radius 2 is 1.14 bits per heavy atom. The maximum Gasteiger partial charge on any atom is 0.137 e. The van der Waals surface area contributed by atoms with Crippen molar-refractivity contribution < 1.29 is 8.83 Å². The maximum absolute atomic E-state index is 6.58. The highest BCUT2D eigenvalue weighted by atomic mass is 16.3. The molecule has 1 unspecified atom stereocenters. The molecule has 0 bridgehead atoms. The summed E-state index contributed by atoms with van der Waals surface area (Å²) in [6, 6.07) is 64.2. The number of hydrogen-bond donors (Lipinski definition) is 1. The number of aromatic nitrogens is 1. The van der Waals surface area contributed by atoms with Crippen molar-refractivity contribution in [3.8, 4) is 16.8 Å². The van der Waals surface area contributed by atoms with Gasteiger partial charge in [-0.3, -0.25) is 4.99 Å². The standard InChI is InChI=1S/C54H37N3O2/c1-4-14-34(15-5-1)45-22-13-23-46(56-54(55-45)35-16-6-2-7-17-35)40-21-12-25-51-53(40)44-31-37(27-29-50(44)58-51)36-26-28-47-41(30-36)42-32-43-39-20-10-11-24-49(39)59-52(43)33-48(42)57(47)38-18-8-3-9-19-38/h1-12,14-22,24-33,46H,13,23H2,(H,55,56). The lowest BCUT2D eigenvalue weighted by Crippen LogP contribution is -2.25. The molecule has 280 valence electrons. The zero-order valence-electron chi connectivity index (χ0n) is 32.1. The van der Waals surface area contributed by atoms with Crippen molar-refractivity contribution in [2.24, 2.45) is 4.99 Å². The Labute approximate surface area is 340 Å². The lowest BCUT2D eigenvalue weighted by Gasteiger charge is -2.22. The summed E-state index contributed by atoms with van der Waals surface area (Å²) in [5.41, 5.74) is 13.6. The van der Waals surface area contributed by atoms with Crippen LogP contribution >= 0.6 is 0 Å². The molecule has 1 aliphatic heterocycles. The molecule has 5 heteroatoms. The number of allylic oxidation sites excluding steroid dienone is 1. The van der Waals surface area contributed by atoms with Crippen LogP contribution in [0.2, 0.25) is 0 Å². The average Bonchev–Trinajstić information content (AvgIpc) is 3.95. The molecule has 1 atom stereocenters. The van der Waals surface area contributed by atoms with Crippen LogP contribution in [0.25, 0.3) is 88.2 Å². The fourth-order valence-corrected chi connectivity index (χ4v) is 9.18. The Bertz CT molecular complexity index is 3460. The van der Waals surface area contributed by atoms with E-state index in [0.29, 0.717) is 0 Å². The van der Waals surface area contributed by atoms with Crippen molar-refractivity contribution in [3.05, 3.63) is 205 Å². The van der Waals surface area contributed by atoms with Crippen LogP contribution < -0.4 is 5.32 Å². The van der Waals surface area contributed by atoms with E-state index >= 15 is 0 Å². The van der Waals surface area contributed by atoms with Crippen molar-refractivity contribution in [1.82, 2.24) is 9.88 Å². The van der Waals surface area contributed by atoms with Gasteiger partial charge in [-0.25, -0.2) is 0 Å². The summed E-state index contributed by atoms with van der Waals surface area (Å²) >= 11 is 0. The van der Waals surface area contributed by atoms with E-state index in [2.05, 4.69) is 180 Å². The van der Waals surface area contributed by atoms with Crippen molar-refractivity contribution >= 4 is 77.2 Å². The van der Waals surface area contributed by atoms with Gasteiger partial charge in [-0.15, -0.1) is 0 Å². The third-order valence-electron chi connectivity index (χ3n) is 12.0. The highest BCUT2D eigenvalue weighted by Crippen LogP contribution is 2.42. The van der Waals surface area contributed by atoms with Gasteiger partial charge in [0, 0.05) is 55.3 Å². The molecule has 59 heavy (non-hydrogen) atoms. The van der Waals surface area contributed by atoms with E-state index in [9.17, 15) is 0 Å². The van der Waals surface area contributed by atoms with Crippen LogP contribution in [0.1, 0.15) is 35.6 Å². The highest BCUT2D eigenvalue weighted by molar-refractivity contribution is 6.18. The van der Waals surface area contributed by atoms with E-state index in [4.69, 9.17) is 13.8 Å². The lowest BCUT2D eigenvalue weighted by atomic mass is 9.94. The predicted octanol–water partition coefficient (Wildman–Crippen LogP) is 14.2. The first-order chi connectivity index (χ1) is 29.2. The van der Waals surface area contributed by atoms with Crippen molar-refractivity contribution in [3.63, 3.8) is 0 Å². The monoisotopic (exact) mass is 759 g/mol. The molecule has 12 rings (SSSR count). The predicted molar refractivity (Wildman–Crippen MR) is 243 cm³/mol. The third-order valence-corrected chi connectivity index (χ3v) is 12.0. The summed E-state index contributed by atoms with van der Waals surface area (Å²) in [6.45, 7) is 0. The summed E-state index contributed by atoms with van der Waals surface area (Å²) in [4.78, 5) is 5.51. The van der Waals surface area contributed by atoms with Gasteiger partial charge in [0.1, 0.15) is 28.2 Å². The first-order valence-electron chi connectivity index (χ1n) is 20.3. The molecule has 0 amide bonds. The van der Waals surface area contributed by atoms with Gasteiger partial charge in [-0.05, 0) is 89.7 Å². The second-order valence-electron chi connectivity index (χ2n) is 15.4. The molecule has 1 N–H and O–H groups in total. The summed E-state index contributed by atoms with van der Waals surface area (Å²) < 4.78 is 15.3. The Kier molecular flexibility index (Phi) is 7.67. The zero-order valence-corrected chi connectivity index (χ0v) is 32.1. The van der Waals surface area contributed by atoms with Gasteiger partial charge in [0.05, 0.1) is 17.1 Å². The SMILES string of the molecule is C1=C(c2ccccc2)NC(c2ccccc2)=NC(c2cccc3oc4ccc(-c5ccc6c(c5)c5cc7c(cc5n6-c5ccccc5)oc5ccccc57)cc4c23)CC1. The van der Waals surface area contributed by atoms with E-state index in [-0.39, 0.29) is 6.04 Å². The first kappa shape index (κ1) is 33.5. The quantitative estimate of drug-likeness (QED) is 0.190. The van der Waals surface area contributed by atoms with E-state index < -0.39 is 0 Å². The smallest absolute Gasteiger partial charge is 0.137 e. The van der Waals surface area contributed by atoms with Gasteiger partial charge in [-0.1, -0.05) is 127 Å². The van der Waals surface area contributed by atoms with Crippen LogP contribution in [-0.4, -0.2) is 10.4 Å². The summed E-state index contributed by atoms with van der Waals surface area (Å²) in [5, 5.41) is 10.6. The minimum absolute atomic E-state index is 0.0873. The summed E-state index contributed by atoms with van der Waals surface area (Å²) in [7, 11) is 0. The van der Waals surface area contributed by atoms with Gasteiger partial charge in [0.15, 0.2) is 0 Å². The van der Waals surface area contributed by atoms with Crippen LogP contribution in [-0.2, 0) is 0 Å². The molecule has 11 aromatic rings. The molecule has 5 nitrogen and oxygen atoms in total. The normalized spacial score (nSPS) is 14.8. The van der Waals surface area contributed by atoms with Crippen molar-refractivity contribution in [1.29, 1.82) is 0 Å². The molecule has 8 aromatic carbocycles. The molecule has 0 aliphatic carbocycles. The Morgan fingerprint density at radius 1 is 0.475 bits per heavy atom. The molecular weight excluding hydrogens is 723 g/mol. The Morgan fingerprint density at radius 3 is 1.97 bits per heavy atom.